The highest BCUT2D eigenvalue weighted by atomic mass is 35.5. The van der Waals surface area contributed by atoms with Crippen LogP contribution in [0.15, 0.2) is 42.6 Å². The number of methoxy groups -OCH3 is 1. The SMILES string of the molecule is CCc1c(N)cc(Cl)c(CC)c1NC(=O)N(Cc1ccc(C)nc1)c1ccc(OC)cc1F. The first-order valence-corrected chi connectivity index (χ1v) is 11.1. The van der Waals surface area contributed by atoms with Crippen molar-refractivity contribution in [1.29, 1.82) is 0 Å². The monoisotopic (exact) mass is 470 g/mol. The number of hydrogen-bond donors (Lipinski definition) is 2. The molecule has 0 bridgehead atoms. The van der Waals surface area contributed by atoms with E-state index in [0.717, 1.165) is 22.4 Å². The number of pyridine rings is 1. The number of aromatic nitrogens is 1. The van der Waals surface area contributed by atoms with Crippen LogP contribution in [0, 0.1) is 12.7 Å². The largest absolute Gasteiger partial charge is 0.497 e. The lowest BCUT2D eigenvalue weighted by Gasteiger charge is -2.26. The third kappa shape index (κ3) is 5.37. The summed E-state index contributed by atoms with van der Waals surface area (Å²) < 4.78 is 20.1. The number of aryl methyl sites for hydroxylation is 1. The average molecular weight is 471 g/mol. The van der Waals surface area contributed by atoms with Crippen molar-refractivity contribution in [2.24, 2.45) is 0 Å². The van der Waals surface area contributed by atoms with Gasteiger partial charge < -0.3 is 15.8 Å². The van der Waals surface area contributed by atoms with Crippen molar-refractivity contribution in [2.45, 2.75) is 40.2 Å². The van der Waals surface area contributed by atoms with Gasteiger partial charge in [0.25, 0.3) is 0 Å². The molecule has 2 amide bonds. The van der Waals surface area contributed by atoms with E-state index >= 15 is 4.39 Å². The van der Waals surface area contributed by atoms with Crippen LogP contribution >= 0.6 is 11.6 Å². The Balaban J connectivity index is 2.06. The van der Waals surface area contributed by atoms with E-state index in [-0.39, 0.29) is 12.2 Å². The number of amides is 2. The average Bonchev–Trinajstić information content (AvgIpc) is 2.79. The Labute approximate surface area is 198 Å². The van der Waals surface area contributed by atoms with Crippen LogP contribution in [0.5, 0.6) is 5.75 Å². The number of urea groups is 1. The van der Waals surface area contributed by atoms with E-state index in [0.29, 0.717) is 35.0 Å². The zero-order valence-electron chi connectivity index (χ0n) is 19.2. The Hall–Kier alpha value is -3.32. The van der Waals surface area contributed by atoms with Crippen molar-refractivity contribution in [2.75, 3.05) is 23.1 Å². The summed E-state index contributed by atoms with van der Waals surface area (Å²) in [5.41, 5.74) is 10.5. The summed E-state index contributed by atoms with van der Waals surface area (Å²) in [6, 6.07) is 9.27. The second-order valence-electron chi connectivity index (χ2n) is 7.63. The van der Waals surface area contributed by atoms with E-state index in [1.807, 2.05) is 32.9 Å². The van der Waals surface area contributed by atoms with Gasteiger partial charge in [-0.25, -0.2) is 9.18 Å². The normalized spacial score (nSPS) is 10.7. The molecule has 3 rings (SSSR count). The first-order valence-electron chi connectivity index (χ1n) is 10.7. The molecule has 3 aromatic rings. The van der Waals surface area contributed by atoms with Crippen LogP contribution in [0.1, 0.15) is 36.2 Å². The van der Waals surface area contributed by atoms with Gasteiger partial charge in [-0.1, -0.05) is 31.5 Å². The Morgan fingerprint density at radius 2 is 1.91 bits per heavy atom. The fourth-order valence-corrected chi connectivity index (χ4v) is 4.03. The van der Waals surface area contributed by atoms with E-state index in [1.54, 1.807) is 18.3 Å². The molecular weight excluding hydrogens is 443 g/mol. The first-order chi connectivity index (χ1) is 15.8. The van der Waals surface area contributed by atoms with Crippen LogP contribution in [-0.2, 0) is 19.4 Å². The highest BCUT2D eigenvalue weighted by molar-refractivity contribution is 6.32. The lowest BCUT2D eigenvalue weighted by atomic mass is 10.0. The van der Waals surface area contributed by atoms with Gasteiger partial charge in [-0.2, -0.15) is 0 Å². The molecule has 0 aliphatic carbocycles. The Bertz CT molecular complexity index is 1120. The lowest BCUT2D eigenvalue weighted by molar-refractivity contribution is 0.256. The molecule has 0 radical (unpaired) electrons. The fourth-order valence-electron chi connectivity index (χ4n) is 3.68. The van der Waals surface area contributed by atoms with E-state index in [2.05, 4.69) is 10.3 Å². The Morgan fingerprint density at radius 1 is 1.18 bits per heavy atom. The van der Waals surface area contributed by atoms with Gasteiger partial charge in [0.1, 0.15) is 5.75 Å². The topological polar surface area (TPSA) is 80.5 Å². The summed E-state index contributed by atoms with van der Waals surface area (Å²) in [6.07, 6.45) is 2.87. The standard InChI is InChI=1S/C25H28ClFN4O2/c1-5-18-20(26)12-22(28)19(6-2)24(18)30-25(32)31(14-16-8-7-15(3)29-13-16)23-10-9-17(33-4)11-21(23)27/h7-13H,5-6,14,28H2,1-4H3,(H,30,32). The van der Waals surface area contributed by atoms with Gasteiger partial charge in [-0.3, -0.25) is 9.88 Å². The maximum absolute atomic E-state index is 15.0. The molecule has 8 heteroatoms. The maximum atomic E-state index is 15.0. The third-order valence-electron chi connectivity index (χ3n) is 5.47. The van der Waals surface area contributed by atoms with Gasteiger partial charge in [0.2, 0.25) is 0 Å². The summed E-state index contributed by atoms with van der Waals surface area (Å²) in [6.45, 7) is 5.89. The van der Waals surface area contributed by atoms with Crippen LogP contribution in [0.4, 0.5) is 26.2 Å². The third-order valence-corrected chi connectivity index (χ3v) is 5.80. The first kappa shape index (κ1) is 24.3. The van der Waals surface area contributed by atoms with Gasteiger partial charge in [0.05, 0.1) is 25.0 Å². The molecule has 2 aromatic carbocycles. The molecule has 174 valence electrons. The van der Waals surface area contributed by atoms with Crippen molar-refractivity contribution < 1.29 is 13.9 Å². The molecule has 1 aromatic heterocycles. The predicted octanol–water partition coefficient (Wildman–Crippen LogP) is 6.14. The number of nitrogens with one attached hydrogen (secondary N) is 1. The number of benzene rings is 2. The molecular formula is C25H28ClFN4O2. The van der Waals surface area contributed by atoms with Gasteiger partial charge in [0, 0.05) is 28.7 Å². The second-order valence-corrected chi connectivity index (χ2v) is 8.04. The molecule has 0 aliphatic rings. The minimum atomic E-state index is -0.582. The zero-order chi connectivity index (χ0) is 24.1. The van der Waals surface area contributed by atoms with Crippen molar-refractivity contribution in [3.8, 4) is 5.75 Å². The number of anilines is 3. The van der Waals surface area contributed by atoms with Crippen molar-refractivity contribution in [1.82, 2.24) is 4.98 Å². The summed E-state index contributed by atoms with van der Waals surface area (Å²) in [5, 5.41) is 3.43. The molecule has 0 aliphatic heterocycles. The van der Waals surface area contributed by atoms with Crippen molar-refractivity contribution >= 4 is 34.7 Å². The smallest absolute Gasteiger partial charge is 0.326 e. The number of rotatable bonds is 7. The van der Waals surface area contributed by atoms with Gasteiger partial charge >= 0.3 is 6.03 Å². The molecule has 33 heavy (non-hydrogen) atoms. The van der Waals surface area contributed by atoms with Crippen molar-refractivity contribution in [3.05, 3.63) is 75.8 Å². The number of hydrogen-bond acceptors (Lipinski definition) is 4. The van der Waals surface area contributed by atoms with Crippen LogP contribution in [-0.4, -0.2) is 18.1 Å². The van der Waals surface area contributed by atoms with E-state index in [1.165, 1.54) is 24.1 Å². The van der Waals surface area contributed by atoms with E-state index in [9.17, 15) is 4.79 Å². The number of ether oxygens (including phenoxy) is 1. The summed E-state index contributed by atoms with van der Waals surface area (Å²) in [7, 11) is 1.46. The summed E-state index contributed by atoms with van der Waals surface area (Å²) in [5.74, 6) is -0.223. The number of nitrogens with zero attached hydrogens (tertiary/aromatic N) is 2. The van der Waals surface area contributed by atoms with Crippen LogP contribution in [0.2, 0.25) is 5.02 Å². The highest BCUT2D eigenvalue weighted by Gasteiger charge is 2.23. The molecule has 3 N–H and O–H groups in total. The maximum Gasteiger partial charge on any atom is 0.326 e. The molecule has 0 saturated heterocycles. The molecule has 0 spiro atoms. The quantitative estimate of drug-likeness (QED) is 0.406. The lowest BCUT2D eigenvalue weighted by Crippen LogP contribution is -2.36. The van der Waals surface area contributed by atoms with Crippen LogP contribution in [0.25, 0.3) is 0 Å². The number of carbonyl (C=O) groups is 1. The minimum Gasteiger partial charge on any atom is -0.497 e. The highest BCUT2D eigenvalue weighted by Crippen LogP contribution is 2.35. The Kier molecular flexibility index (Phi) is 7.76. The second kappa shape index (κ2) is 10.5. The minimum absolute atomic E-state index is 0.111. The number of halogens is 2. The van der Waals surface area contributed by atoms with Gasteiger partial charge in [0.15, 0.2) is 5.82 Å². The molecule has 1 heterocycles. The van der Waals surface area contributed by atoms with E-state index in [4.69, 9.17) is 22.1 Å². The number of nitrogens with two attached hydrogens (primary N) is 1. The zero-order valence-corrected chi connectivity index (χ0v) is 20.0. The predicted molar refractivity (Wildman–Crippen MR) is 132 cm³/mol. The molecule has 0 fully saturated rings. The van der Waals surface area contributed by atoms with E-state index < -0.39 is 11.8 Å². The van der Waals surface area contributed by atoms with Crippen LogP contribution < -0.4 is 20.7 Å². The molecule has 0 saturated carbocycles. The summed E-state index contributed by atoms with van der Waals surface area (Å²) in [4.78, 5) is 19.2. The van der Waals surface area contributed by atoms with Gasteiger partial charge in [-0.15, -0.1) is 0 Å². The van der Waals surface area contributed by atoms with Crippen molar-refractivity contribution in [3.63, 3.8) is 0 Å². The molecule has 6 nitrogen and oxygen atoms in total. The fraction of sp³-hybridized carbons (Fsp3) is 0.280. The summed E-state index contributed by atoms with van der Waals surface area (Å²) >= 11 is 6.42. The number of nitrogen functional groups attached to an aromatic ring is 1. The molecule has 0 atom stereocenters. The van der Waals surface area contributed by atoms with Crippen LogP contribution in [0.3, 0.4) is 0 Å². The Morgan fingerprint density at radius 3 is 2.48 bits per heavy atom. The van der Waals surface area contributed by atoms with Gasteiger partial charge in [-0.05, 0) is 60.7 Å². The molecule has 0 unspecified atom stereocenters. The number of carbonyl (C=O) groups excluding carboxylic acids is 1.